The van der Waals surface area contributed by atoms with Crippen molar-refractivity contribution in [3.05, 3.63) is 99.5 Å². The predicted molar refractivity (Wildman–Crippen MR) is 160 cm³/mol. The van der Waals surface area contributed by atoms with E-state index in [1.54, 1.807) is 24.3 Å². The summed E-state index contributed by atoms with van der Waals surface area (Å²) >= 11 is 9.43. The fraction of sp³-hybridized carbons (Fsp3) is 0.310. The van der Waals surface area contributed by atoms with Gasteiger partial charge in [0.25, 0.3) is 0 Å². The zero-order chi connectivity index (χ0) is 28.6. The topological polar surface area (TPSA) is 86.8 Å². The number of carbonyl (C=O) groups is 2. The summed E-state index contributed by atoms with van der Waals surface area (Å²) in [6.07, 6.45) is 1.32. The molecule has 0 saturated heterocycles. The number of halogens is 2. The van der Waals surface area contributed by atoms with Gasteiger partial charge in [0.2, 0.25) is 21.8 Å². The number of hydrogen-bond acceptors (Lipinski definition) is 4. The van der Waals surface area contributed by atoms with Crippen LogP contribution in [0.5, 0.6) is 0 Å². The zero-order valence-electron chi connectivity index (χ0n) is 22.2. The Kier molecular flexibility index (Phi) is 11.0. The van der Waals surface area contributed by atoms with Crippen molar-refractivity contribution in [2.75, 3.05) is 23.7 Å². The first-order valence-corrected chi connectivity index (χ1v) is 15.5. The summed E-state index contributed by atoms with van der Waals surface area (Å²) < 4.78 is 27.5. The van der Waals surface area contributed by atoms with E-state index in [0.29, 0.717) is 17.3 Å². The van der Waals surface area contributed by atoms with Crippen molar-refractivity contribution in [3.63, 3.8) is 0 Å². The summed E-state index contributed by atoms with van der Waals surface area (Å²) in [4.78, 5) is 29.0. The van der Waals surface area contributed by atoms with Crippen molar-refractivity contribution in [1.82, 2.24) is 10.2 Å². The van der Waals surface area contributed by atoms with Crippen molar-refractivity contribution in [1.29, 1.82) is 0 Å². The smallest absolute Gasteiger partial charge is 0.244 e. The lowest BCUT2D eigenvalue weighted by Crippen LogP contribution is -2.53. The molecular weight excluding hydrogens is 602 g/mol. The SMILES string of the molecule is CC(C)CNC(=O)[C@H](Cc1ccccc1)N(Cc1ccc(Br)cc1)C(=O)CN(c1ccc(Cl)cc1)S(C)(=O)=O. The molecule has 0 radical (unpaired) electrons. The van der Waals surface area contributed by atoms with Gasteiger partial charge in [0.1, 0.15) is 12.6 Å². The molecule has 10 heteroatoms. The van der Waals surface area contributed by atoms with Crippen LogP contribution >= 0.6 is 27.5 Å². The number of anilines is 1. The third kappa shape index (κ3) is 9.37. The molecule has 0 aromatic heterocycles. The molecule has 1 atom stereocenters. The quantitative estimate of drug-likeness (QED) is 0.294. The Balaban J connectivity index is 2.03. The highest BCUT2D eigenvalue weighted by Gasteiger charge is 2.33. The molecule has 0 unspecified atom stereocenters. The lowest BCUT2D eigenvalue weighted by Gasteiger charge is -2.33. The van der Waals surface area contributed by atoms with Crippen LogP contribution in [0.1, 0.15) is 25.0 Å². The van der Waals surface area contributed by atoms with Crippen molar-refractivity contribution in [3.8, 4) is 0 Å². The number of nitrogens with zero attached hydrogens (tertiary/aromatic N) is 2. The molecule has 0 aliphatic rings. The number of nitrogens with one attached hydrogen (secondary N) is 1. The molecule has 7 nitrogen and oxygen atoms in total. The highest BCUT2D eigenvalue weighted by Crippen LogP contribution is 2.22. The third-order valence-corrected chi connectivity index (χ3v) is 7.94. The molecule has 1 N–H and O–H groups in total. The molecule has 0 heterocycles. The van der Waals surface area contributed by atoms with Crippen molar-refractivity contribution in [2.24, 2.45) is 5.92 Å². The lowest BCUT2D eigenvalue weighted by molar-refractivity contribution is -0.140. The molecule has 3 aromatic carbocycles. The first-order chi connectivity index (χ1) is 18.4. The molecule has 2 amide bonds. The van der Waals surface area contributed by atoms with E-state index in [2.05, 4.69) is 21.2 Å². The standard InChI is InChI=1S/C29H33BrClN3O4S/c1-21(2)18-32-29(36)27(17-22-7-5-4-6-8-22)33(19-23-9-11-24(30)12-10-23)28(35)20-34(39(3,37)38)26-15-13-25(31)14-16-26/h4-16,21,27H,17-20H2,1-3H3,(H,32,36)/t27-/m0/s1. The summed E-state index contributed by atoms with van der Waals surface area (Å²) in [5, 5.41) is 3.41. The maximum absolute atomic E-state index is 14.0. The normalized spacial score (nSPS) is 12.2. The molecule has 39 heavy (non-hydrogen) atoms. The number of hydrogen-bond donors (Lipinski definition) is 1. The molecule has 3 rings (SSSR count). The van der Waals surface area contributed by atoms with Crippen LogP contribution in [0.15, 0.2) is 83.3 Å². The lowest BCUT2D eigenvalue weighted by atomic mass is 10.0. The van der Waals surface area contributed by atoms with Gasteiger partial charge in [0.05, 0.1) is 11.9 Å². The van der Waals surface area contributed by atoms with Gasteiger partial charge < -0.3 is 10.2 Å². The Hall–Kier alpha value is -2.88. The van der Waals surface area contributed by atoms with Gasteiger partial charge >= 0.3 is 0 Å². The minimum Gasteiger partial charge on any atom is -0.354 e. The highest BCUT2D eigenvalue weighted by atomic mass is 79.9. The predicted octanol–water partition coefficient (Wildman–Crippen LogP) is 5.28. The Morgan fingerprint density at radius 2 is 1.54 bits per heavy atom. The number of sulfonamides is 1. The van der Waals surface area contributed by atoms with Crippen molar-refractivity contribution >= 4 is 55.1 Å². The molecule has 3 aromatic rings. The Bertz CT molecular complexity index is 1350. The molecule has 0 aliphatic carbocycles. The number of carbonyl (C=O) groups excluding carboxylic acids is 2. The van der Waals surface area contributed by atoms with Crippen molar-refractivity contribution in [2.45, 2.75) is 32.9 Å². The van der Waals surface area contributed by atoms with Crippen molar-refractivity contribution < 1.29 is 18.0 Å². The number of amides is 2. The van der Waals surface area contributed by atoms with Gasteiger partial charge in [-0.2, -0.15) is 0 Å². The number of rotatable bonds is 12. The monoisotopic (exact) mass is 633 g/mol. The molecule has 0 aliphatic heterocycles. The summed E-state index contributed by atoms with van der Waals surface area (Å²) in [5.41, 5.74) is 2.00. The van der Waals surface area contributed by atoms with E-state index in [9.17, 15) is 18.0 Å². The van der Waals surface area contributed by atoms with E-state index in [-0.39, 0.29) is 24.8 Å². The summed E-state index contributed by atoms with van der Waals surface area (Å²) in [7, 11) is -3.83. The molecule has 208 valence electrons. The van der Waals surface area contributed by atoms with Crippen LogP contribution in [0.25, 0.3) is 0 Å². The largest absolute Gasteiger partial charge is 0.354 e. The van der Waals surface area contributed by atoms with Crippen LogP contribution in [-0.4, -0.2) is 50.5 Å². The molecule has 0 bridgehead atoms. The minimum absolute atomic E-state index is 0.122. The fourth-order valence-electron chi connectivity index (χ4n) is 3.98. The van der Waals surface area contributed by atoms with Crippen LogP contribution < -0.4 is 9.62 Å². The van der Waals surface area contributed by atoms with Crippen LogP contribution in [0, 0.1) is 5.92 Å². The van der Waals surface area contributed by atoms with Crippen LogP contribution in [0.2, 0.25) is 5.02 Å². The fourth-order valence-corrected chi connectivity index (χ4v) is 5.22. The maximum Gasteiger partial charge on any atom is 0.244 e. The second-order valence-corrected chi connectivity index (χ2v) is 13.0. The Morgan fingerprint density at radius 1 is 0.923 bits per heavy atom. The highest BCUT2D eigenvalue weighted by molar-refractivity contribution is 9.10. The van der Waals surface area contributed by atoms with Crippen LogP contribution in [0.4, 0.5) is 5.69 Å². The van der Waals surface area contributed by atoms with E-state index < -0.39 is 28.5 Å². The molecule has 0 saturated carbocycles. The molecule has 0 fully saturated rings. The van der Waals surface area contributed by atoms with Gasteiger partial charge in [-0.1, -0.05) is 83.8 Å². The van der Waals surface area contributed by atoms with E-state index in [1.807, 2.05) is 68.4 Å². The number of benzene rings is 3. The van der Waals surface area contributed by atoms with Gasteiger partial charge in [0, 0.05) is 29.0 Å². The summed E-state index contributed by atoms with van der Waals surface area (Å²) in [6.45, 7) is 4.09. The molecule has 0 spiro atoms. The Morgan fingerprint density at radius 3 is 2.10 bits per heavy atom. The second kappa shape index (κ2) is 14.0. The third-order valence-electron chi connectivity index (χ3n) is 6.02. The maximum atomic E-state index is 14.0. The second-order valence-electron chi connectivity index (χ2n) is 9.74. The van der Waals surface area contributed by atoms with E-state index >= 15 is 0 Å². The summed E-state index contributed by atoms with van der Waals surface area (Å²) in [5.74, 6) is -0.582. The minimum atomic E-state index is -3.83. The first kappa shape index (κ1) is 30.7. The van der Waals surface area contributed by atoms with E-state index in [4.69, 9.17) is 11.6 Å². The van der Waals surface area contributed by atoms with E-state index in [0.717, 1.165) is 26.2 Å². The van der Waals surface area contributed by atoms with Crippen LogP contribution in [-0.2, 0) is 32.6 Å². The first-order valence-electron chi connectivity index (χ1n) is 12.5. The van der Waals surface area contributed by atoms with Gasteiger partial charge in [-0.3, -0.25) is 13.9 Å². The van der Waals surface area contributed by atoms with Gasteiger partial charge in [-0.05, 0) is 53.4 Å². The van der Waals surface area contributed by atoms with Gasteiger partial charge in [-0.15, -0.1) is 0 Å². The van der Waals surface area contributed by atoms with E-state index in [1.165, 1.54) is 4.90 Å². The zero-order valence-corrected chi connectivity index (χ0v) is 25.3. The Labute approximate surface area is 244 Å². The van der Waals surface area contributed by atoms with Gasteiger partial charge in [-0.25, -0.2) is 8.42 Å². The van der Waals surface area contributed by atoms with Crippen LogP contribution in [0.3, 0.4) is 0 Å². The summed E-state index contributed by atoms with van der Waals surface area (Å²) in [6, 6.07) is 22.3. The average molecular weight is 635 g/mol. The molecular formula is C29H33BrClN3O4S. The van der Waals surface area contributed by atoms with Gasteiger partial charge in [0.15, 0.2) is 0 Å². The average Bonchev–Trinajstić information content (AvgIpc) is 2.89.